The van der Waals surface area contributed by atoms with Crippen LogP contribution in [0.3, 0.4) is 0 Å². The molecule has 0 amide bonds. The maximum Gasteiger partial charge on any atom is 1.00 e. The minimum absolute atomic E-state index is 0. The maximum atomic E-state index is 10.5. The zero-order valence-corrected chi connectivity index (χ0v) is 12.7. The number of aromatic nitrogens is 1. The Morgan fingerprint density at radius 3 is 2.53 bits per heavy atom. The van der Waals surface area contributed by atoms with Crippen LogP contribution in [-0.4, -0.2) is 11.0 Å². The zero-order chi connectivity index (χ0) is 11.4. The molecule has 17 heavy (non-hydrogen) atoms. The van der Waals surface area contributed by atoms with Crippen molar-refractivity contribution in [2.24, 2.45) is 0 Å². The average Bonchev–Trinajstić information content (AvgIpc) is 2.30. The van der Waals surface area contributed by atoms with Gasteiger partial charge in [0.2, 0.25) is 0 Å². The van der Waals surface area contributed by atoms with Crippen LogP contribution < -0.4 is 56.5 Å². The van der Waals surface area contributed by atoms with E-state index in [1.807, 2.05) is 30.3 Å². The van der Waals surface area contributed by atoms with Crippen molar-refractivity contribution in [3.63, 3.8) is 0 Å². The second-order valence-corrected chi connectivity index (χ2v) is 3.46. The van der Waals surface area contributed by atoms with Gasteiger partial charge in [0.15, 0.2) is 0 Å². The molecule has 0 saturated carbocycles. The summed E-state index contributed by atoms with van der Waals surface area (Å²) in [5, 5.41) is 10.5. The van der Waals surface area contributed by atoms with E-state index in [9.17, 15) is 9.90 Å². The number of carboxylic acid groups (broad SMARTS) is 1. The van der Waals surface area contributed by atoms with E-state index in [4.69, 9.17) is 0 Å². The van der Waals surface area contributed by atoms with Gasteiger partial charge in [-0.3, -0.25) is 4.98 Å². The first-order chi connectivity index (χ1) is 7.75. The predicted octanol–water partition coefficient (Wildman–Crippen LogP) is -1.95. The Balaban J connectivity index is 0.00000144. The number of carbonyl (C=O) groups excluding carboxylic acids is 1. The number of benzene rings is 1. The van der Waals surface area contributed by atoms with E-state index in [1.165, 1.54) is 0 Å². The normalized spacial score (nSPS) is 9.41. The number of rotatable bonds is 3. The van der Waals surface area contributed by atoms with E-state index in [0.717, 1.165) is 11.3 Å². The third-order valence-electron chi connectivity index (χ3n) is 2.24. The van der Waals surface area contributed by atoms with Crippen molar-refractivity contribution in [2.75, 3.05) is 0 Å². The molecule has 0 fully saturated rings. The van der Waals surface area contributed by atoms with Crippen molar-refractivity contribution in [3.05, 3.63) is 54.2 Å². The van der Waals surface area contributed by atoms with Gasteiger partial charge in [0.1, 0.15) is 0 Å². The van der Waals surface area contributed by atoms with Gasteiger partial charge in [-0.15, -0.1) is 0 Å². The number of pyridine rings is 1. The minimum atomic E-state index is -1.08. The summed E-state index contributed by atoms with van der Waals surface area (Å²) >= 11 is 0. The molecule has 0 aliphatic carbocycles. The molecule has 0 aliphatic heterocycles. The number of hydrogen-bond acceptors (Lipinski definition) is 3. The zero-order valence-electron chi connectivity index (χ0n) is 9.59. The first-order valence-corrected chi connectivity index (χ1v) is 4.96. The van der Waals surface area contributed by atoms with Crippen LogP contribution in [0.1, 0.15) is 5.56 Å². The maximum absolute atomic E-state index is 10.5. The summed E-state index contributed by atoms with van der Waals surface area (Å²) < 4.78 is 0. The third-order valence-corrected chi connectivity index (χ3v) is 2.24. The molecule has 4 heteroatoms. The molecule has 0 unspecified atom stereocenters. The fourth-order valence-electron chi connectivity index (χ4n) is 1.52. The van der Waals surface area contributed by atoms with Crippen molar-refractivity contribution in [3.8, 4) is 11.3 Å². The van der Waals surface area contributed by atoms with Gasteiger partial charge < -0.3 is 9.90 Å². The Bertz CT molecular complexity index is 500. The van der Waals surface area contributed by atoms with Crippen LogP contribution in [0, 0.1) is 0 Å². The molecule has 0 bridgehead atoms. The number of carbonyl (C=O) groups is 1. The Hall–Kier alpha value is -0.524. The summed E-state index contributed by atoms with van der Waals surface area (Å²) in [6.07, 6.45) is 1.53. The third kappa shape index (κ3) is 4.33. The van der Waals surface area contributed by atoms with Gasteiger partial charge in [-0.25, -0.2) is 0 Å². The number of nitrogens with zero attached hydrogens (tertiary/aromatic N) is 1. The van der Waals surface area contributed by atoms with Gasteiger partial charge in [-0.05, 0) is 17.7 Å². The van der Waals surface area contributed by atoms with E-state index in [-0.39, 0.29) is 57.8 Å². The molecular formula is C13H10KNO2. The Morgan fingerprint density at radius 1 is 1.18 bits per heavy atom. The fraction of sp³-hybridized carbons (Fsp3) is 0.0769. The molecule has 1 aromatic heterocycles. The molecule has 0 aliphatic rings. The number of aliphatic carboxylic acids is 1. The summed E-state index contributed by atoms with van der Waals surface area (Å²) in [6.45, 7) is 0. The monoisotopic (exact) mass is 251 g/mol. The minimum Gasteiger partial charge on any atom is -0.550 e. The van der Waals surface area contributed by atoms with E-state index in [0.29, 0.717) is 5.56 Å². The molecule has 2 rings (SSSR count). The Labute approximate surface area is 142 Å². The molecule has 0 radical (unpaired) electrons. The molecule has 1 aromatic carbocycles. The summed E-state index contributed by atoms with van der Waals surface area (Å²) in [6, 6.07) is 13.1. The molecular weight excluding hydrogens is 241 g/mol. The second-order valence-electron chi connectivity index (χ2n) is 3.46. The smallest absolute Gasteiger partial charge is 0.550 e. The summed E-state index contributed by atoms with van der Waals surface area (Å²) in [5.74, 6) is -1.08. The second kappa shape index (κ2) is 7.03. The summed E-state index contributed by atoms with van der Waals surface area (Å²) in [7, 11) is 0. The SMILES string of the molecule is O=C([O-])Cc1ccnc(-c2ccccc2)c1.[K+]. The van der Waals surface area contributed by atoms with Crippen molar-refractivity contribution < 1.29 is 61.3 Å². The first-order valence-electron chi connectivity index (χ1n) is 4.96. The molecule has 80 valence electrons. The van der Waals surface area contributed by atoms with Crippen molar-refractivity contribution in [1.29, 1.82) is 0 Å². The van der Waals surface area contributed by atoms with Crippen molar-refractivity contribution in [2.45, 2.75) is 6.42 Å². The number of carboxylic acids is 1. The Morgan fingerprint density at radius 2 is 1.88 bits per heavy atom. The quantitative estimate of drug-likeness (QED) is 0.596. The molecule has 0 atom stereocenters. The molecule has 3 nitrogen and oxygen atoms in total. The van der Waals surface area contributed by atoms with Crippen LogP contribution in [0.15, 0.2) is 48.7 Å². The average molecular weight is 251 g/mol. The van der Waals surface area contributed by atoms with Crippen molar-refractivity contribution >= 4 is 5.97 Å². The Kier molecular flexibility index (Phi) is 6.01. The van der Waals surface area contributed by atoms with Crippen LogP contribution in [-0.2, 0) is 11.2 Å². The van der Waals surface area contributed by atoms with Crippen LogP contribution in [0.25, 0.3) is 11.3 Å². The van der Waals surface area contributed by atoms with Crippen LogP contribution in [0.2, 0.25) is 0 Å². The molecule has 0 spiro atoms. The first kappa shape index (κ1) is 14.5. The van der Waals surface area contributed by atoms with Gasteiger partial charge in [-0.2, -0.15) is 0 Å². The van der Waals surface area contributed by atoms with E-state index in [2.05, 4.69) is 4.98 Å². The van der Waals surface area contributed by atoms with E-state index in [1.54, 1.807) is 18.3 Å². The largest absolute Gasteiger partial charge is 1.00 e. The van der Waals surface area contributed by atoms with Gasteiger partial charge in [-0.1, -0.05) is 30.3 Å². The van der Waals surface area contributed by atoms with Gasteiger partial charge in [0, 0.05) is 24.2 Å². The van der Waals surface area contributed by atoms with Gasteiger partial charge >= 0.3 is 51.4 Å². The summed E-state index contributed by atoms with van der Waals surface area (Å²) in [4.78, 5) is 14.7. The van der Waals surface area contributed by atoms with Crippen molar-refractivity contribution in [1.82, 2.24) is 4.98 Å². The van der Waals surface area contributed by atoms with E-state index < -0.39 is 5.97 Å². The fourth-order valence-corrected chi connectivity index (χ4v) is 1.52. The van der Waals surface area contributed by atoms with Gasteiger partial charge in [0.25, 0.3) is 0 Å². The predicted molar refractivity (Wildman–Crippen MR) is 58.4 cm³/mol. The molecule has 0 saturated heterocycles. The van der Waals surface area contributed by atoms with Crippen LogP contribution >= 0.6 is 0 Å². The van der Waals surface area contributed by atoms with Gasteiger partial charge in [0.05, 0.1) is 5.69 Å². The molecule has 0 N–H and O–H groups in total. The summed E-state index contributed by atoms with van der Waals surface area (Å²) in [5.41, 5.74) is 2.45. The molecule has 2 aromatic rings. The van der Waals surface area contributed by atoms with E-state index >= 15 is 0 Å². The molecule has 1 heterocycles. The standard InChI is InChI=1S/C13H11NO2.K/c15-13(16)9-10-6-7-14-12(8-10)11-4-2-1-3-5-11;/h1-8H,9H2,(H,15,16);/q;+1/p-1. The van der Waals surface area contributed by atoms with Crippen LogP contribution in [0.4, 0.5) is 0 Å². The topological polar surface area (TPSA) is 53.0 Å². The number of hydrogen-bond donors (Lipinski definition) is 0. The van der Waals surface area contributed by atoms with Crippen LogP contribution in [0.5, 0.6) is 0 Å².